The van der Waals surface area contributed by atoms with Gasteiger partial charge in [0.15, 0.2) is 10.3 Å². The fourth-order valence-electron chi connectivity index (χ4n) is 1.92. The van der Waals surface area contributed by atoms with E-state index >= 15 is 0 Å². The summed E-state index contributed by atoms with van der Waals surface area (Å²) in [7, 11) is 0. The minimum atomic E-state index is -0.389. The third-order valence-corrected chi connectivity index (χ3v) is 4.42. The van der Waals surface area contributed by atoms with Crippen molar-refractivity contribution in [2.24, 2.45) is 5.10 Å². The van der Waals surface area contributed by atoms with Gasteiger partial charge in [-0.15, -0.1) is 0 Å². The van der Waals surface area contributed by atoms with E-state index in [0.29, 0.717) is 20.7 Å². The van der Waals surface area contributed by atoms with Gasteiger partial charge in [0.25, 0.3) is 5.91 Å². The Morgan fingerprint density at radius 2 is 1.88 bits per heavy atom. The van der Waals surface area contributed by atoms with Crippen LogP contribution in [0.5, 0.6) is 5.75 Å². The SMILES string of the molecule is O=C(N/N=C/c1sc(Nc2ccccc2)nc1Cl)c1ccc(O)cc1. The summed E-state index contributed by atoms with van der Waals surface area (Å²) in [6.07, 6.45) is 1.44. The molecule has 0 saturated carbocycles. The van der Waals surface area contributed by atoms with E-state index in [9.17, 15) is 9.90 Å². The summed E-state index contributed by atoms with van der Waals surface area (Å²) in [6.45, 7) is 0. The van der Waals surface area contributed by atoms with Crippen LogP contribution in [-0.4, -0.2) is 22.2 Å². The van der Waals surface area contributed by atoms with E-state index in [0.717, 1.165) is 5.69 Å². The average Bonchev–Trinajstić information content (AvgIpc) is 2.95. The van der Waals surface area contributed by atoms with Crippen LogP contribution in [0, 0.1) is 0 Å². The van der Waals surface area contributed by atoms with Crippen LogP contribution >= 0.6 is 22.9 Å². The van der Waals surface area contributed by atoms with E-state index in [1.54, 1.807) is 0 Å². The topological polar surface area (TPSA) is 86.6 Å². The highest BCUT2D eigenvalue weighted by atomic mass is 35.5. The lowest BCUT2D eigenvalue weighted by Gasteiger charge is -2.00. The lowest BCUT2D eigenvalue weighted by molar-refractivity contribution is 0.0955. The summed E-state index contributed by atoms with van der Waals surface area (Å²) < 4.78 is 0. The van der Waals surface area contributed by atoms with E-state index in [4.69, 9.17) is 11.6 Å². The molecule has 0 aliphatic rings. The number of benzene rings is 2. The van der Waals surface area contributed by atoms with Crippen molar-refractivity contribution in [3.05, 3.63) is 70.2 Å². The monoisotopic (exact) mass is 372 g/mol. The summed E-state index contributed by atoms with van der Waals surface area (Å²) in [6, 6.07) is 15.5. The fraction of sp³-hybridized carbons (Fsp3) is 0. The Morgan fingerprint density at radius 1 is 1.16 bits per heavy atom. The summed E-state index contributed by atoms with van der Waals surface area (Å²) in [4.78, 5) is 16.7. The molecule has 3 aromatic rings. The van der Waals surface area contributed by atoms with E-state index in [-0.39, 0.29) is 11.7 Å². The Balaban J connectivity index is 1.63. The molecule has 0 aliphatic carbocycles. The second kappa shape index (κ2) is 7.78. The number of nitrogens with zero attached hydrogens (tertiary/aromatic N) is 2. The third kappa shape index (κ3) is 4.56. The second-order valence-corrected chi connectivity index (χ2v) is 6.30. The summed E-state index contributed by atoms with van der Waals surface area (Å²) in [5.74, 6) is -0.297. The molecule has 0 atom stereocenters. The van der Waals surface area contributed by atoms with Gasteiger partial charge >= 0.3 is 0 Å². The van der Waals surface area contributed by atoms with Crippen LogP contribution in [0.15, 0.2) is 59.7 Å². The molecule has 0 bridgehead atoms. The molecule has 2 aromatic carbocycles. The van der Waals surface area contributed by atoms with Gasteiger partial charge in [0.1, 0.15) is 5.75 Å². The highest BCUT2D eigenvalue weighted by Crippen LogP contribution is 2.27. The van der Waals surface area contributed by atoms with Gasteiger partial charge in [0.05, 0.1) is 11.1 Å². The number of aromatic nitrogens is 1. The third-order valence-electron chi connectivity index (χ3n) is 3.11. The first-order valence-electron chi connectivity index (χ1n) is 7.22. The number of hydrogen-bond acceptors (Lipinski definition) is 6. The second-order valence-electron chi connectivity index (χ2n) is 4.91. The fourth-order valence-corrected chi connectivity index (χ4v) is 2.97. The number of phenolic OH excluding ortho intramolecular Hbond substituents is 1. The van der Waals surface area contributed by atoms with E-state index in [1.807, 2.05) is 30.3 Å². The van der Waals surface area contributed by atoms with E-state index < -0.39 is 0 Å². The summed E-state index contributed by atoms with van der Waals surface area (Å²) in [5, 5.41) is 17.2. The van der Waals surface area contributed by atoms with Crippen molar-refractivity contribution >= 4 is 45.9 Å². The van der Waals surface area contributed by atoms with Gasteiger partial charge in [-0.3, -0.25) is 4.79 Å². The van der Waals surface area contributed by atoms with E-state index in [2.05, 4.69) is 20.8 Å². The zero-order valence-electron chi connectivity index (χ0n) is 12.8. The molecule has 0 unspecified atom stereocenters. The van der Waals surface area contributed by atoms with Gasteiger partial charge in [-0.05, 0) is 36.4 Å². The molecule has 126 valence electrons. The molecule has 1 amide bonds. The maximum absolute atomic E-state index is 11.9. The summed E-state index contributed by atoms with van der Waals surface area (Å²) in [5.41, 5.74) is 3.69. The number of phenols is 1. The average molecular weight is 373 g/mol. The number of amides is 1. The number of halogens is 1. The quantitative estimate of drug-likeness (QED) is 0.466. The predicted octanol–water partition coefficient (Wildman–Crippen LogP) is 4.01. The van der Waals surface area contributed by atoms with Crippen LogP contribution in [0.25, 0.3) is 0 Å². The number of hydrazone groups is 1. The molecule has 0 radical (unpaired) electrons. The van der Waals surface area contributed by atoms with Crippen LogP contribution < -0.4 is 10.7 Å². The minimum Gasteiger partial charge on any atom is -0.508 e. The lowest BCUT2D eigenvalue weighted by Crippen LogP contribution is -2.17. The zero-order valence-corrected chi connectivity index (χ0v) is 14.4. The zero-order chi connectivity index (χ0) is 17.6. The molecule has 6 nitrogen and oxygen atoms in total. The molecule has 3 rings (SSSR count). The normalized spacial score (nSPS) is 10.8. The van der Waals surface area contributed by atoms with Crippen LogP contribution in [0.3, 0.4) is 0 Å². The Labute approximate surface area is 152 Å². The number of thiazole rings is 1. The van der Waals surface area contributed by atoms with E-state index in [1.165, 1.54) is 41.8 Å². The van der Waals surface area contributed by atoms with Crippen LogP contribution in [0.1, 0.15) is 15.2 Å². The largest absolute Gasteiger partial charge is 0.508 e. The molecule has 0 saturated heterocycles. The first-order chi connectivity index (χ1) is 12.1. The number of para-hydroxylation sites is 1. The van der Waals surface area contributed by atoms with Crippen LogP contribution in [-0.2, 0) is 0 Å². The van der Waals surface area contributed by atoms with Crippen molar-refractivity contribution < 1.29 is 9.90 Å². The number of rotatable bonds is 5. The van der Waals surface area contributed by atoms with Gasteiger partial charge in [0.2, 0.25) is 0 Å². The Hall–Kier alpha value is -2.90. The minimum absolute atomic E-state index is 0.0925. The Kier molecular flexibility index (Phi) is 5.27. The molecular formula is C17H13ClN4O2S. The van der Waals surface area contributed by atoms with Gasteiger partial charge in [-0.2, -0.15) is 5.10 Å². The maximum Gasteiger partial charge on any atom is 0.271 e. The maximum atomic E-state index is 11.9. The van der Waals surface area contributed by atoms with Crippen molar-refractivity contribution in [3.8, 4) is 5.75 Å². The van der Waals surface area contributed by atoms with Crippen molar-refractivity contribution in [3.63, 3.8) is 0 Å². The van der Waals surface area contributed by atoms with Crippen molar-refractivity contribution in [1.82, 2.24) is 10.4 Å². The van der Waals surface area contributed by atoms with Gasteiger partial charge < -0.3 is 10.4 Å². The first kappa shape index (κ1) is 16.9. The van der Waals surface area contributed by atoms with Crippen molar-refractivity contribution in [2.45, 2.75) is 0 Å². The Morgan fingerprint density at radius 3 is 2.60 bits per heavy atom. The molecule has 8 heteroatoms. The standard InChI is InChI=1S/C17H13ClN4O2S/c18-15-14(25-17(21-15)20-12-4-2-1-3-5-12)10-19-22-16(24)11-6-8-13(23)9-7-11/h1-10,23H,(H,20,21)(H,22,24)/b19-10+. The number of hydrogen-bond donors (Lipinski definition) is 3. The lowest BCUT2D eigenvalue weighted by atomic mass is 10.2. The van der Waals surface area contributed by atoms with Crippen molar-refractivity contribution in [2.75, 3.05) is 5.32 Å². The number of carbonyl (C=O) groups excluding carboxylic acids is 1. The van der Waals surface area contributed by atoms with Gasteiger partial charge in [0, 0.05) is 11.3 Å². The van der Waals surface area contributed by atoms with Crippen molar-refractivity contribution in [1.29, 1.82) is 0 Å². The van der Waals surface area contributed by atoms with Gasteiger partial charge in [-0.1, -0.05) is 41.1 Å². The molecule has 1 heterocycles. The Bertz CT molecular complexity index is 895. The number of anilines is 2. The number of carbonyl (C=O) groups is 1. The summed E-state index contributed by atoms with van der Waals surface area (Å²) >= 11 is 7.40. The highest BCUT2D eigenvalue weighted by molar-refractivity contribution is 7.17. The molecule has 0 aliphatic heterocycles. The first-order valence-corrected chi connectivity index (χ1v) is 8.42. The van der Waals surface area contributed by atoms with Gasteiger partial charge in [-0.25, -0.2) is 10.4 Å². The number of aromatic hydroxyl groups is 1. The molecule has 1 aromatic heterocycles. The molecule has 0 fully saturated rings. The predicted molar refractivity (Wildman–Crippen MR) is 100 cm³/mol. The van der Waals surface area contributed by atoms with Crippen LogP contribution in [0.4, 0.5) is 10.8 Å². The van der Waals surface area contributed by atoms with Crippen LogP contribution in [0.2, 0.25) is 5.15 Å². The smallest absolute Gasteiger partial charge is 0.271 e. The molecule has 0 spiro atoms. The highest BCUT2D eigenvalue weighted by Gasteiger charge is 2.08. The molecule has 3 N–H and O–H groups in total. The number of nitrogens with one attached hydrogen (secondary N) is 2. The molecule has 25 heavy (non-hydrogen) atoms. The molecular weight excluding hydrogens is 360 g/mol.